The highest BCUT2D eigenvalue weighted by Crippen LogP contribution is 2.43. The summed E-state index contributed by atoms with van der Waals surface area (Å²) >= 11 is 1.95. The van der Waals surface area contributed by atoms with Crippen molar-refractivity contribution in [3.63, 3.8) is 0 Å². The van der Waals surface area contributed by atoms with Crippen molar-refractivity contribution in [3.8, 4) is 0 Å². The summed E-state index contributed by atoms with van der Waals surface area (Å²) in [7, 11) is 1.22. The van der Waals surface area contributed by atoms with Crippen LogP contribution in [0.3, 0.4) is 0 Å². The van der Waals surface area contributed by atoms with Gasteiger partial charge in [0.2, 0.25) is 11.9 Å². The first kappa shape index (κ1) is 19.3. The molecule has 0 unspecified atom stereocenters. The quantitative estimate of drug-likeness (QED) is 0.288. The number of rotatable bonds is 3. The zero-order valence-corrected chi connectivity index (χ0v) is 16.8. The number of ether oxygens (including phenoxy) is 1. The molecule has 0 saturated heterocycles. The zero-order valence-electron chi connectivity index (χ0n) is 14.6. The summed E-state index contributed by atoms with van der Waals surface area (Å²) in [6, 6.07) is 2.57. The topological polar surface area (TPSA) is 149 Å². The second kappa shape index (κ2) is 7.29. The molecule has 27 heavy (non-hydrogen) atoms. The normalized spacial score (nSPS) is 18.7. The fourth-order valence-electron chi connectivity index (χ4n) is 3.63. The standard InChI is InChI=1S/C16H19IN6O4/c1-27-13(24)10-7-9(23(25)26)8-11(17)12(10)22-15(19)20-14(18)21-16(22)5-3-2-4-6-16/h7-8H,2-6H2,1H3,(H4,18,19,20,21). The number of hydrogen-bond acceptors (Lipinski definition) is 9. The van der Waals surface area contributed by atoms with Gasteiger partial charge < -0.3 is 16.2 Å². The molecule has 1 fully saturated rings. The minimum Gasteiger partial charge on any atom is -0.465 e. The number of hydrogen-bond donors (Lipinski definition) is 2. The van der Waals surface area contributed by atoms with Crippen molar-refractivity contribution in [1.29, 1.82) is 0 Å². The molecular weight excluding hydrogens is 467 g/mol. The fourth-order valence-corrected chi connectivity index (χ4v) is 4.48. The van der Waals surface area contributed by atoms with Gasteiger partial charge >= 0.3 is 5.97 Å². The molecule has 10 nitrogen and oxygen atoms in total. The summed E-state index contributed by atoms with van der Waals surface area (Å²) in [5, 5.41) is 11.3. The lowest BCUT2D eigenvalue weighted by molar-refractivity contribution is -0.385. The van der Waals surface area contributed by atoms with Crippen LogP contribution in [0, 0.1) is 13.7 Å². The van der Waals surface area contributed by atoms with E-state index >= 15 is 0 Å². The van der Waals surface area contributed by atoms with Crippen LogP contribution in [0.25, 0.3) is 0 Å². The van der Waals surface area contributed by atoms with Gasteiger partial charge in [0.15, 0.2) is 0 Å². The smallest absolute Gasteiger partial charge is 0.340 e. The number of guanidine groups is 2. The number of carbonyl (C=O) groups excluding carboxylic acids is 1. The van der Waals surface area contributed by atoms with E-state index < -0.39 is 16.6 Å². The minimum atomic E-state index is -0.771. The Morgan fingerprint density at radius 1 is 1.33 bits per heavy atom. The first-order chi connectivity index (χ1) is 12.8. The highest BCUT2D eigenvalue weighted by Gasteiger charge is 2.45. The van der Waals surface area contributed by atoms with Gasteiger partial charge in [-0.05, 0) is 48.3 Å². The Morgan fingerprint density at radius 3 is 2.59 bits per heavy atom. The van der Waals surface area contributed by atoms with Crippen LogP contribution in [-0.2, 0) is 4.74 Å². The average Bonchev–Trinajstić information content (AvgIpc) is 2.61. The van der Waals surface area contributed by atoms with E-state index in [9.17, 15) is 14.9 Å². The number of nitro groups is 1. The molecule has 0 aromatic heterocycles. The highest BCUT2D eigenvalue weighted by atomic mass is 127. The lowest BCUT2D eigenvalue weighted by Crippen LogP contribution is -2.59. The van der Waals surface area contributed by atoms with Crippen LogP contribution >= 0.6 is 22.6 Å². The Morgan fingerprint density at radius 2 is 2.00 bits per heavy atom. The first-order valence-corrected chi connectivity index (χ1v) is 9.43. The second-order valence-corrected chi connectivity index (χ2v) is 7.55. The molecule has 0 amide bonds. The molecule has 3 rings (SSSR count). The molecule has 1 saturated carbocycles. The molecule has 1 aliphatic heterocycles. The van der Waals surface area contributed by atoms with Crippen LogP contribution in [0.15, 0.2) is 22.1 Å². The number of non-ortho nitro benzene ring substituents is 1. The highest BCUT2D eigenvalue weighted by molar-refractivity contribution is 14.1. The number of carbonyl (C=O) groups is 1. The van der Waals surface area contributed by atoms with Crippen LogP contribution in [0.2, 0.25) is 0 Å². The Bertz CT molecular complexity index is 863. The van der Waals surface area contributed by atoms with E-state index in [0.717, 1.165) is 19.3 Å². The van der Waals surface area contributed by atoms with E-state index in [1.165, 1.54) is 19.2 Å². The van der Waals surface area contributed by atoms with Gasteiger partial charge in [-0.25, -0.2) is 9.79 Å². The lowest BCUT2D eigenvalue weighted by atomic mass is 9.87. The summed E-state index contributed by atoms with van der Waals surface area (Å²) in [5.41, 5.74) is 11.5. The van der Waals surface area contributed by atoms with E-state index in [1.807, 2.05) is 22.6 Å². The van der Waals surface area contributed by atoms with Crippen LogP contribution in [0.5, 0.6) is 0 Å². The molecule has 1 aliphatic carbocycles. The number of nitro benzene ring substituents is 1. The van der Waals surface area contributed by atoms with Crippen molar-refractivity contribution in [2.45, 2.75) is 37.8 Å². The first-order valence-electron chi connectivity index (χ1n) is 8.35. The molecule has 11 heteroatoms. The van der Waals surface area contributed by atoms with Gasteiger partial charge in [-0.3, -0.25) is 15.0 Å². The molecule has 144 valence electrons. The molecule has 1 spiro atoms. The summed E-state index contributed by atoms with van der Waals surface area (Å²) < 4.78 is 5.33. The maximum Gasteiger partial charge on any atom is 0.340 e. The van der Waals surface area contributed by atoms with Crippen molar-refractivity contribution in [3.05, 3.63) is 31.4 Å². The van der Waals surface area contributed by atoms with Gasteiger partial charge in [0.25, 0.3) is 5.69 Å². The third-order valence-corrected chi connectivity index (χ3v) is 5.56. The van der Waals surface area contributed by atoms with Gasteiger partial charge in [0, 0.05) is 15.7 Å². The monoisotopic (exact) mass is 486 g/mol. The maximum atomic E-state index is 12.4. The summed E-state index contributed by atoms with van der Waals surface area (Å²) in [6.07, 6.45) is 4.24. The third-order valence-electron chi connectivity index (χ3n) is 4.74. The van der Waals surface area contributed by atoms with Crippen molar-refractivity contribution in [2.75, 3.05) is 12.0 Å². The van der Waals surface area contributed by atoms with Crippen molar-refractivity contribution < 1.29 is 14.5 Å². The third kappa shape index (κ3) is 3.42. The predicted molar refractivity (Wildman–Crippen MR) is 109 cm³/mol. The molecule has 1 heterocycles. The molecule has 2 aliphatic rings. The lowest BCUT2D eigenvalue weighted by Gasteiger charge is -2.46. The van der Waals surface area contributed by atoms with Crippen LogP contribution in [0.1, 0.15) is 42.5 Å². The zero-order chi connectivity index (χ0) is 19.8. The second-order valence-electron chi connectivity index (χ2n) is 6.39. The fraction of sp³-hybridized carbons (Fsp3) is 0.438. The molecule has 1 aromatic carbocycles. The maximum absolute atomic E-state index is 12.4. The van der Waals surface area contributed by atoms with Gasteiger partial charge in [-0.1, -0.05) is 6.42 Å². The van der Waals surface area contributed by atoms with E-state index in [4.69, 9.17) is 16.2 Å². The number of anilines is 1. The van der Waals surface area contributed by atoms with E-state index in [2.05, 4.69) is 9.98 Å². The number of aliphatic imine (C=N–C) groups is 2. The van der Waals surface area contributed by atoms with Crippen LogP contribution in [-0.4, -0.2) is 35.6 Å². The number of esters is 1. The number of nitrogens with zero attached hydrogens (tertiary/aromatic N) is 4. The summed E-state index contributed by atoms with van der Waals surface area (Å²) in [4.78, 5) is 33.5. The minimum absolute atomic E-state index is 0.0369. The van der Waals surface area contributed by atoms with Gasteiger partial charge in [-0.15, -0.1) is 0 Å². The van der Waals surface area contributed by atoms with Crippen molar-refractivity contribution >= 4 is 51.9 Å². The van der Waals surface area contributed by atoms with Crippen LogP contribution in [0.4, 0.5) is 11.4 Å². The SMILES string of the molecule is COC(=O)c1cc([N+](=O)[O-])cc(I)c1N1C(N)=NC(N)=NC12CCCCC2. The van der Waals surface area contributed by atoms with E-state index in [-0.39, 0.29) is 23.2 Å². The number of nitrogens with two attached hydrogens (primary N) is 2. The molecular formula is C16H19IN6O4. The van der Waals surface area contributed by atoms with Gasteiger partial charge in [0.1, 0.15) is 5.66 Å². The Kier molecular flexibility index (Phi) is 5.22. The van der Waals surface area contributed by atoms with E-state index in [1.54, 1.807) is 4.90 Å². The number of methoxy groups -OCH3 is 1. The van der Waals surface area contributed by atoms with Crippen molar-refractivity contribution in [1.82, 2.24) is 0 Å². The molecule has 0 radical (unpaired) electrons. The predicted octanol–water partition coefficient (Wildman–Crippen LogP) is 2.10. The number of benzene rings is 1. The molecule has 0 bridgehead atoms. The Labute approximate surface area is 168 Å². The molecule has 4 N–H and O–H groups in total. The van der Waals surface area contributed by atoms with Crippen molar-refractivity contribution in [2.24, 2.45) is 21.5 Å². The Hall–Kier alpha value is -2.44. The largest absolute Gasteiger partial charge is 0.465 e. The van der Waals surface area contributed by atoms with E-state index in [0.29, 0.717) is 22.1 Å². The molecule has 0 atom stereocenters. The Balaban J connectivity index is 2.25. The summed E-state index contributed by atoms with van der Waals surface area (Å²) in [6.45, 7) is 0. The van der Waals surface area contributed by atoms with Gasteiger partial charge in [0.05, 0.1) is 23.3 Å². The van der Waals surface area contributed by atoms with Crippen LogP contribution < -0.4 is 16.4 Å². The average molecular weight is 486 g/mol. The molecule has 1 aromatic rings. The summed E-state index contributed by atoms with van der Waals surface area (Å²) in [5.74, 6) is -0.517. The van der Waals surface area contributed by atoms with Gasteiger partial charge in [-0.2, -0.15) is 4.99 Å². The number of halogens is 1.